The number of carbonyl (C=O) groups is 10. The number of hydrogen-bond donors (Lipinski definition) is 17. The molecule has 0 radical (unpaired) electrons. The SMILES string of the molecule is CCCCCCC(=O)N[C@H](C(=O)N[C@H](CO)C(=O)N[C@H]1CCNC(=O)[C@H]([C@@H](C)O)NC(=O)[C@H](CCN)NC(=O)[C@H](CCN)NC(=O)[C@H]([C@H](C)O)NC(=O)[C@@H](Cc2ccccc2)NC(=O)[C@H](CCN)NC1=O)[C@@H](C)O. The molecule has 0 bridgehead atoms. The number of nitrogens with one attached hydrogen (secondary N) is 10. The highest BCUT2D eigenvalue weighted by Crippen LogP contribution is 2.09. The van der Waals surface area contributed by atoms with Gasteiger partial charge in [-0.1, -0.05) is 56.5 Å². The quantitative estimate of drug-likeness (QED) is 0.0480. The highest BCUT2D eigenvalue weighted by Gasteiger charge is 2.37. The lowest BCUT2D eigenvalue weighted by Crippen LogP contribution is -2.62. The zero-order valence-corrected chi connectivity index (χ0v) is 42.5. The molecule has 27 nitrogen and oxygen atoms in total. The Morgan fingerprint density at radius 1 is 0.622 bits per heavy atom. The maximum atomic E-state index is 14.2. The standard InChI is InChI=1S/C47H79N13O14/c1-5-6-7-11-14-35(65)58-37(26(3)63)46(73)57-34(24-61)44(71)54-32-18-22-51-45(72)36(25(2)62)59-42(69)31(17-21-50)53-39(66)30(16-20-49)55-47(74)38(27(4)64)60-43(70)33(23-28-12-9-8-10-13-28)56-40(67)29(15-19-48)52-41(32)68/h8-10,12-13,25-27,29-34,36-38,61-64H,5-7,11,14-24,48-50H2,1-4H3,(H,51,72)(H,52,68)(H,53,66)(H,54,71)(H,55,74)(H,56,67)(H,57,73)(H,58,65)(H,59,69)(H,60,70)/t25-,26-,27+,29+,30+,31+,32+,33-,34-,36+,37+,38+/m1/s1. The summed E-state index contributed by atoms with van der Waals surface area (Å²) < 4.78 is 0. The number of nitrogens with two attached hydrogens (primary N) is 3. The van der Waals surface area contributed by atoms with Gasteiger partial charge >= 0.3 is 0 Å². The molecule has 12 atom stereocenters. The van der Waals surface area contributed by atoms with Crippen LogP contribution < -0.4 is 70.4 Å². The van der Waals surface area contributed by atoms with Crippen LogP contribution in [0.3, 0.4) is 0 Å². The van der Waals surface area contributed by atoms with E-state index < -0.39 is 151 Å². The molecule has 1 heterocycles. The van der Waals surface area contributed by atoms with Gasteiger partial charge in [-0.05, 0) is 78.1 Å². The van der Waals surface area contributed by atoms with E-state index >= 15 is 0 Å². The van der Waals surface area contributed by atoms with Crippen molar-refractivity contribution >= 4 is 59.1 Å². The number of benzene rings is 1. The van der Waals surface area contributed by atoms with Gasteiger partial charge in [-0.2, -0.15) is 0 Å². The van der Waals surface area contributed by atoms with Crippen molar-refractivity contribution in [2.75, 3.05) is 32.8 Å². The molecule has 74 heavy (non-hydrogen) atoms. The number of carbonyl (C=O) groups excluding carboxylic acids is 10. The van der Waals surface area contributed by atoms with Gasteiger partial charge in [-0.3, -0.25) is 47.9 Å². The third-order valence-electron chi connectivity index (χ3n) is 11.8. The van der Waals surface area contributed by atoms with Gasteiger partial charge in [0.05, 0.1) is 24.9 Å². The summed E-state index contributed by atoms with van der Waals surface area (Å²) in [6.07, 6.45) is -2.90. The largest absolute Gasteiger partial charge is 0.394 e. The van der Waals surface area contributed by atoms with E-state index in [1.165, 1.54) is 20.8 Å². The number of amides is 10. The third kappa shape index (κ3) is 21.6. The Hall–Kier alpha value is -6.36. The van der Waals surface area contributed by atoms with E-state index in [9.17, 15) is 68.4 Å². The van der Waals surface area contributed by atoms with Crippen LogP contribution in [0.4, 0.5) is 0 Å². The maximum Gasteiger partial charge on any atom is 0.245 e. The Bertz CT molecular complexity index is 2010. The van der Waals surface area contributed by atoms with E-state index in [-0.39, 0.29) is 51.7 Å². The van der Waals surface area contributed by atoms with Crippen molar-refractivity contribution in [1.82, 2.24) is 53.2 Å². The predicted octanol–water partition coefficient (Wildman–Crippen LogP) is -6.74. The molecule has 1 aliphatic heterocycles. The summed E-state index contributed by atoms with van der Waals surface area (Å²) in [6.45, 7) is 3.46. The normalized spacial score (nSPS) is 24.1. The molecule has 0 saturated carbocycles. The van der Waals surface area contributed by atoms with Crippen molar-refractivity contribution in [3.8, 4) is 0 Å². The average molecular weight is 1050 g/mol. The number of aliphatic hydroxyl groups excluding tert-OH is 4. The van der Waals surface area contributed by atoms with Crippen LogP contribution >= 0.6 is 0 Å². The molecule has 0 unspecified atom stereocenters. The van der Waals surface area contributed by atoms with Crippen LogP contribution in [0.1, 0.15) is 91.0 Å². The van der Waals surface area contributed by atoms with Gasteiger partial charge in [0, 0.05) is 19.4 Å². The summed E-state index contributed by atoms with van der Waals surface area (Å²) in [7, 11) is 0. The van der Waals surface area contributed by atoms with Crippen molar-refractivity contribution in [2.45, 2.75) is 165 Å². The molecule has 1 aromatic rings. The first kappa shape index (κ1) is 63.8. The van der Waals surface area contributed by atoms with E-state index in [4.69, 9.17) is 17.2 Å². The molecular formula is C47H79N13O14. The Labute approximate surface area is 430 Å². The van der Waals surface area contributed by atoms with Crippen molar-refractivity contribution in [3.63, 3.8) is 0 Å². The fourth-order valence-electron chi connectivity index (χ4n) is 7.57. The van der Waals surface area contributed by atoms with Gasteiger partial charge in [0.25, 0.3) is 0 Å². The molecule has 20 N–H and O–H groups in total. The smallest absolute Gasteiger partial charge is 0.245 e. The number of rotatable bonds is 22. The van der Waals surface area contributed by atoms with Gasteiger partial charge in [0.1, 0.15) is 54.4 Å². The molecule has 27 heteroatoms. The summed E-state index contributed by atoms with van der Waals surface area (Å²) >= 11 is 0. The van der Waals surface area contributed by atoms with Crippen molar-refractivity contribution in [3.05, 3.63) is 35.9 Å². The third-order valence-corrected chi connectivity index (χ3v) is 11.8. The zero-order valence-electron chi connectivity index (χ0n) is 42.5. The summed E-state index contributed by atoms with van der Waals surface area (Å²) in [5.74, 6) is -9.85. The predicted molar refractivity (Wildman–Crippen MR) is 267 cm³/mol. The number of unbranched alkanes of at least 4 members (excludes halogenated alkanes) is 3. The minimum atomic E-state index is -1.80. The van der Waals surface area contributed by atoms with Crippen LogP contribution in [0.5, 0.6) is 0 Å². The van der Waals surface area contributed by atoms with E-state index in [0.29, 0.717) is 12.0 Å². The summed E-state index contributed by atoms with van der Waals surface area (Å²) in [4.78, 5) is 137. The number of hydrogen-bond acceptors (Lipinski definition) is 17. The van der Waals surface area contributed by atoms with Crippen LogP contribution in [0.25, 0.3) is 0 Å². The first-order chi connectivity index (χ1) is 35.1. The Kier molecular flexibility index (Phi) is 28.8. The second-order valence-corrected chi connectivity index (χ2v) is 18.1. The first-order valence-electron chi connectivity index (χ1n) is 24.9. The maximum absolute atomic E-state index is 14.2. The Morgan fingerprint density at radius 3 is 1.61 bits per heavy atom. The fraction of sp³-hybridized carbons (Fsp3) is 0.660. The number of aliphatic hydroxyl groups is 4. The molecule has 0 aliphatic carbocycles. The lowest BCUT2D eigenvalue weighted by Gasteiger charge is -2.28. The lowest BCUT2D eigenvalue weighted by molar-refractivity contribution is -0.137. The summed E-state index contributed by atoms with van der Waals surface area (Å²) in [5.41, 5.74) is 17.9. The van der Waals surface area contributed by atoms with E-state index in [2.05, 4.69) is 53.2 Å². The molecule has 1 fully saturated rings. The zero-order chi connectivity index (χ0) is 55.5. The summed E-state index contributed by atoms with van der Waals surface area (Å²) in [6, 6.07) is -6.18. The minimum absolute atomic E-state index is 0.0489. The molecule has 1 aromatic carbocycles. The fourth-order valence-corrected chi connectivity index (χ4v) is 7.57. The van der Waals surface area contributed by atoms with E-state index in [1.54, 1.807) is 30.3 Å². The van der Waals surface area contributed by atoms with Crippen LogP contribution in [0.15, 0.2) is 30.3 Å². The topological polar surface area (TPSA) is 450 Å². The molecule has 2 rings (SSSR count). The second kappa shape index (κ2) is 33.5. The van der Waals surface area contributed by atoms with Crippen LogP contribution in [0, 0.1) is 0 Å². The summed E-state index contributed by atoms with van der Waals surface area (Å²) in [5, 5.41) is 66.3. The van der Waals surface area contributed by atoms with Gasteiger partial charge < -0.3 is 90.8 Å². The molecular weight excluding hydrogens is 971 g/mol. The van der Waals surface area contributed by atoms with Crippen molar-refractivity contribution in [1.29, 1.82) is 0 Å². The van der Waals surface area contributed by atoms with E-state index in [0.717, 1.165) is 19.3 Å². The van der Waals surface area contributed by atoms with Crippen molar-refractivity contribution < 1.29 is 68.4 Å². The van der Waals surface area contributed by atoms with E-state index in [1.807, 2.05) is 6.92 Å². The van der Waals surface area contributed by atoms with Crippen molar-refractivity contribution in [2.24, 2.45) is 17.2 Å². The second-order valence-electron chi connectivity index (χ2n) is 18.1. The highest BCUT2D eigenvalue weighted by molar-refractivity contribution is 5.99. The molecule has 1 aliphatic rings. The first-order valence-corrected chi connectivity index (χ1v) is 24.9. The highest BCUT2D eigenvalue weighted by atomic mass is 16.3. The van der Waals surface area contributed by atoms with Crippen LogP contribution in [0.2, 0.25) is 0 Å². The minimum Gasteiger partial charge on any atom is -0.394 e. The van der Waals surface area contributed by atoms with Crippen LogP contribution in [-0.2, 0) is 54.4 Å². The monoisotopic (exact) mass is 1050 g/mol. The molecule has 0 spiro atoms. The van der Waals surface area contributed by atoms with Gasteiger partial charge in [-0.15, -0.1) is 0 Å². The Balaban J connectivity index is 2.67. The molecule has 416 valence electrons. The molecule has 0 aromatic heterocycles. The van der Waals surface area contributed by atoms with Gasteiger partial charge in [0.15, 0.2) is 0 Å². The van der Waals surface area contributed by atoms with Gasteiger partial charge in [0.2, 0.25) is 59.1 Å². The van der Waals surface area contributed by atoms with Gasteiger partial charge in [-0.25, -0.2) is 0 Å². The molecule has 10 amide bonds. The van der Waals surface area contributed by atoms with Crippen LogP contribution in [-0.4, -0.2) is 185 Å². The Morgan fingerprint density at radius 2 is 1.11 bits per heavy atom. The average Bonchev–Trinajstić information content (AvgIpc) is 3.35. The lowest BCUT2D eigenvalue weighted by atomic mass is 10.0. The molecule has 1 saturated heterocycles.